The molecule has 170 valence electrons. The maximum absolute atomic E-state index is 13.2. The minimum Gasteiger partial charge on any atom is -0.312 e. The first-order valence-corrected chi connectivity index (χ1v) is 12.2. The molecule has 3 rings (SSSR count). The zero-order chi connectivity index (χ0) is 23.3. The summed E-state index contributed by atoms with van der Waals surface area (Å²) in [6.07, 6.45) is 5.76. The number of carbonyl (C=O) groups excluding carboxylic acids is 2. The summed E-state index contributed by atoms with van der Waals surface area (Å²) in [5, 5.41) is 4.00. The van der Waals surface area contributed by atoms with Gasteiger partial charge in [-0.05, 0) is 61.4 Å². The average molecular weight is 460 g/mol. The van der Waals surface area contributed by atoms with E-state index in [2.05, 4.69) is 12.1 Å². The third-order valence-electron chi connectivity index (χ3n) is 5.12. The third kappa shape index (κ3) is 8.03. The Hall–Kier alpha value is -3.18. The lowest BCUT2D eigenvalue weighted by Gasteiger charge is -2.07. The molecule has 0 aliphatic rings. The van der Waals surface area contributed by atoms with Crippen molar-refractivity contribution in [3.8, 4) is 0 Å². The predicted molar refractivity (Wildman–Crippen MR) is 134 cm³/mol. The molecule has 4 nitrogen and oxygen atoms in total. The average Bonchev–Trinajstić information content (AvgIpc) is 2.87. The Morgan fingerprint density at radius 3 is 2.00 bits per heavy atom. The summed E-state index contributed by atoms with van der Waals surface area (Å²) in [6.45, 7) is 2.17. The quantitative estimate of drug-likeness (QED) is 0.0920. The maximum Gasteiger partial charge on any atom is 0.365 e. The number of benzene rings is 3. The molecule has 3 aromatic rings. The minimum atomic E-state index is -0.568. The van der Waals surface area contributed by atoms with Gasteiger partial charge in [-0.2, -0.15) is 0 Å². The maximum atomic E-state index is 13.2. The van der Waals surface area contributed by atoms with Gasteiger partial charge in [0.2, 0.25) is 5.78 Å². The molecule has 0 heterocycles. The van der Waals surface area contributed by atoms with Crippen LogP contribution in [0, 0.1) is 0 Å². The number of Topliss-reactive ketones (excluding diaryl/α,β-unsaturated/α-hetero) is 1. The molecule has 0 spiro atoms. The zero-order valence-electron chi connectivity index (χ0n) is 18.9. The SMILES string of the molecule is CCCCCCCC(=NOC(=O)c1ccccc1)C(=O)c1ccc(Sc2ccccc2)cc1. The highest BCUT2D eigenvalue weighted by molar-refractivity contribution is 7.99. The van der Waals surface area contributed by atoms with Gasteiger partial charge in [-0.3, -0.25) is 4.79 Å². The number of oxime groups is 1. The van der Waals surface area contributed by atoms with E-state index in [9.17, 15) is 9.59 Å². The molecule has 0 aliphatic heterocycles. The van der Waals surface area contributed by atoms with E-state index >= 15 is 0 Å². The van der Waals surface area contributed by atoms with Crippen molar-refractivity contribution in [1.82, 2.24) is 0 Å². The van der Waals surface area contributed by atoms with E-state index in [1.165, 1.54) is 6.42 Å². The van der Waals surface area contributed by atoms with Gasteiger partial charge < -0.3 is 4.84 Å². The van der Waals surface area contributed by atoms with Crippen LogP contribution < -0.4 is 0 Å². The molecule has 0 saturated carbocycles. The van der Waals surface area contributed by atoms with Crippen molar-refractivity contribution >= 4 is 29.2 Å². The molecule has 33 heavy (non-hydrogen) atoms. The number of hydrogen-bond acceptors (Lipinski definition) is 5. The van der Waals surface area contributed by atoms with Crippen LogP contribution in [0.4, 0.5) is 0 Å². The first-order valence-electron chi connectivity index (χ1n) is 11.4. The summed E-state index contributed by atoms with van der Waals surface area (Å²) in [5.74, 6) is -0.774. The molecule has 0 aliphatic carbocycles. The Morgan fingerprint density at radius 1 is 0.727 bits per heavy atom. The van der Waals surface area contributed by atoms with Gasteiger partial charge >= 0.3 is 5.97 Å². The Labute approximate surface area is 200 Å². The smallest absolute Gasteiger partial charge is 0.312 e. The van der Waals surface area contributed by atoms with Crippen molar-refractivity contribution in [3.63, 3.8) is 0 Å². The van der Waals surface area contributed by atoms with Gasteiger partial charge in [-0.1, -0.05) is 85.9 Å². The summed E-state index contributed by atoms with van der Waals surface area (Å²) >= 11 is 1.64. The molecule has 5 heteroatoms. The Kier molecular flexibility index (Phi) is 9.92. The number of carbonyl (C=O) groups is 2. The third-order valence-corrected chi connectivity index (χ3v) is 6.14. The topological polar surface area (TPSA) is 55.7 Å². The van der Waals surface area contributed by atoms with Gasteiger partial charge in [0.05, 0.1) is 5.56 Å². The molecule has 0 fully saturated rings. The Balaban J connectivity index is 1.69. The lowest BCUT2D eigenvalue weighted by Crippen LogP contribution is -2.16. The fourth-order valence-corrected chi connectivity index (χ4v) is 4.12. The highest BCUT2D eigenvalue weighted by Crippen LogP contribution is 2.27. The monoisotopic (exact) mass is 459 g/mol. The van der Waals surface area contributed by atoms with Gasteiger partial charge in [-0.15, -0.1) is 0 Å². The molecule has 3 aromatic carbocycles. The number of hydrogen-bond donors (Lipinski definition) is 0. The van der Waals surface area contributed by atoms with Crippen LogP contribution in [0.1, 0.15) is 66.2 Å². The first-order chi connectivity index (χ1) is 16.2. The minimum absolute atomic E-state index is 0.206. The van der Waals surface area contributed by atoms with Crippen molar-refractivity contribution in [1.29, 1.82) is 0 Å². The van der Waals surface area contributed by atoms with Gasteiger partial charge in [0, 0.05) is 15.4 Å². The summed E-state index contributed by atoms with van der Waals surface area (Å²) in [7, 11) is 0. The summed E-state index contributed by atoms with van der Waals surface area (Å²) in [5.41, 5.74) is 1.22. The highest BCUT2D eigenvalue weighted by atomic mass is 32.2. The van der Waals surface area contributed by atoms with E-state index in [0.29, 0.717) is 17.5 Å². The van der Waals surface area contributed by atoms with Crippen LogP contribution >= 0.6 is 11.8 Å². The molecular formula is C28H29NO3S. The Bertz CT molecular complexity index is 1050. The van der Waals surface area contributed by atoms with E-state index in [1.807, 2.05) is 48.5 Å². The van der Waals surface area contributed by atoms with Crippen LogP contribution in [0.3, 0.4) is 0 Å². The molecule has 0 atom stereocenters. The summed E-state index contributed by atoms with van der Waals surface area (Å²) in [4.78, 5) is 32.8. The zero-order valence-corrected chi connectivity index (χ0v) is 19.7. The molecule has 0 radical (unpaired) electrons. The molecule has 0 N–H and O–H groups in total. The standard InChI is InChI=1S/C28H29NO3S/c1-2-3-4-5-12-17-26(29-32-28(31)23-13-8-6-9-14-23)27(30)22-18-20-25(21-19-22)33-24-15-10-7-11-16-24/h6-11,13-16,18-21H,2-5,12,17H2,1H3. The van der Waals surface area contributed by atoms with E-state index in [0.717, 1.165) is 35.5 Å². The van der Waals surface area contributed by atoms with Crippen molar-refractivity contribution in [2.45, 2.75) is 55.2 Å². The van der Waals surface area contributed by atoms with Crippen LogP contribution in [0.5, 0.6) is 0 Å². The van der Waals surface area contributed by atoms with Crippen molar-refractivity contribution in [3.05, 3.63) is 96.1 Å². The summed E-state index contributed by atoms with van der Waals surface area (Å²) < 4.78 is 0. The van der Waals surface area contributed by atoms with E-state index in [4.69, 9.17) is 4.84 Å². The van der Waals surface area contributed by atoms with Crippen molar-refractivity contribution in [2.24, 2.45) is 5.16 Å². The van der Waals surface area contributed by atoms with Crippen molar-refractivity contribution < 1.29 is 14.4 Å². The van der Waals surface area contributed by atoms with Crippen LogP contribution in [0.25, 0.3) is 0 Å². The lowest BCUT2D eigenvalue weighted by molar-refractivity contribution is 0.0514. The number of rotatable bonds is 12. The molecule has 0 unspecified atom stereocenters. The van der Waals surface area contributed by atoms with Crippen LogP contribution in [0.15, 0.2) is 99.9 Å². The van der Waals surface area contributed by atoms with Crippen LogP contribution in [0.2, 0.25) is 0 Å². The van der Waals surface area contributed by atoms with Gasteiger partial charge in [0.1, 0.15) is 5.71 Å². The fraction of sp³-hybridized carbons (Fsp3) is 0.250. The largest absolute Gasteiger partial charge is 0.365 e. The second-order valence-corrected chi connectivity index (χ2v) is 8.86. The molecule has 0 amide bonds. The second kappa shape index (κ2) is 13.4. The highest BCUT2D eigenvalue weighted by Gasteiger charge is 2.17. The second-order valence-electron chi connectivity index (χ2n) is 7.72. The first kappa shape index (κ1) is 24.5. The van der Waals surface area contributed by atoms with E-state index < -0.39 is 5.97 Å². The van der Waals surface area contributed by atoms with E-state index in [1.54, 1.807) is 48.2 Å². The van der Waals surface area contributed by atoms with Gasteiger partial charge in [-0.25, -0.2) is 4.79 Å². The van der Waals surface area contributed by atoms with Crippen LogP contribution in [-0.2, 0) is 4.84 Å². The Morgan fingerprint density at radius 2 is 1.33 bits per heavy atom. The molecular weight excluding hydrogens is 430 g/mol. The van der Waals surface area contributed by atoms with Gasteiger partial charge in [0.15, 0.2) is 0 Å². The predicted octanol–water partition coefficient (Wildman–Crippen LogP) is 7.59. The van der Waals surface area contributed by atoms with Crippen LogP contribution in [-0.4, -0.2) is 17.5 Å². The molecule has 0 bridgehead atoms. The summed E-state index contributed by atoms with van der Waals surface area (Å²) in [6, 6.07) is 26.2. The number of nitrogens with zero attached hydrogens (tertiary/aromatic N) is 1. The fourth-order valence-electron chi connectivity index (χ4n) is 3.29. The van der Waals surface area contributed by atoms with Crippen molar-refractivity contribution in [2.75, 3.05) is 0 Å². The number of unbranched alkanes of at least 4 members (excludes halogenated alkanes) is 4. The number of ketones is 1. The lowest BCUT2D eigenvalue weighted by atomic mass is 10.0. The van der Waals surface area contributed by atoms with Gasteiger partial charge in [0.25, 0.3) is 0 Å². The van der Waals surface area contributed by atoms with E-state index in [-0.39, 0.29) is 11.5 Å². The normalized spacial score (nSPS) is 11.2. The molecule has 0 aromatic heterocycles. The molecule has 0 saturated heterocycles.